The lowest BCUT2D eigenvalue weighted by atomic mass is 10.0. The van der Waals surface area contributed by atoms with E-state index in [9.17, 15) is 0 Å². The third kappa shape index (κ3) is 14.4. The van der Waals surface area contributed by atoms with Crippen LogP contribution in [0.15, 0.2) is 109 Å². The first-order valence-electron chi connectivity index (χ1n) is 10.2. The molecule has 0 aliphatic heterocycles. The van der Waals surface area contributed by atoms with Crippen molar-refractivity contribution in [3.63, 3.8) is 0 Å². The summed E-state index contributed by atoms with van der Waals surface area (Å²) in [6.45, 7) is 10.3. The van der Waals surface area contributed by atoms with Gasteiger partial charge >= 0.3 is 0 Å². The molecule has 0 unspecified atom stereocenters. The maximum absolute atomic E-state index is 4.50. The molecule has 0 aliphatic rings. The fourth-order valence-corrected chi connectivity index (χ4v) is 2.70. The smallest absolute Gasteiger partial charge is 0.00606 e. The van der Waals surface area contributed by atoms with Crippen molar-refractivity contribution in [2.45, 2.75) is 27.2 Å². The summed E-state index contributed by atoms with van der Waals surface area (Å²) in [4.78, 5) is 0. The Morgan fingerprint density at radius 2 is 1.13 bits per heavy atom. The molecule has 3 rings (SSSR count). The fraction of sp³-hybridized carbons (Fsp3) is 0.214. The molecule has 30 heavy (non-hydrogen) atoms. The number of rotatable bonds is 4. The van der Waals surface area contributed by atoms with E-state index in [2.05, 4.69) is 88.2 Å². The molecular weight excluding hydrogens is 382 g/mol. The summed E-state index contributed by atoms with van der Waals surface area (Å²) in [5.74, 6) is 0.893. The van der Waals surface area contributed by atoms with Crippen molar-refractivity contribution in [1.82, 2.24) is 0 Å². The molecule has 0 saturated carbocycles. The third-order valence-electron chi connectivity index (χ3n) is 3.95. The second kappa shape index (κ2) is 18.5. The predicted octanol–water partition coefficient (Wildman–Crippen LogP) is 7.53. The van der Waals surface area contributed by atoms with E-state index in [1.165, 1.54) is 29.3 Å². The molecule has 3 aromatic carbocycles. The monoisotopic (exact) mass is 419 g/mol. The van der Waals surface area contributed by atoms with Crippen molar-refractivity contribution in [3.8, 4) is 0 Å². The highest BCUT2D eigenvalue weighted by molar-refractivity contribution is 7.80. The second-order valence-corrected chi connectivity index (χ2v) is 7.11. The van der Waals surface area contributed by atoms with Crippen molar-refractivity contribution in [1.29, 1.82) is 0 Å². The van der Waals surface area contributed by atoms with Gasteiger partial charge in [-0.3, -0.25) is 0 Å². The number of allylic oxidation sites excluding steroid dienone is 3. The van der Waals surface area contributed by atoms with Gasteiger partial charge in [0.05, 0.1) is 0 Å². The van der Waals surface area contributed by atoms with Crippen LogP contribution in [-0.4, -0.2) is 12.8 Å². The molecule has 0 aliphatic carbocycles. The molecule has 0 fully saturated rings. The van der Waals surface area contributed by atoms with E-state index >= 15 is 0 Å². The number of hydrogen-bond donors (Lipinski definition) is 2. The third-order valence-corrected chi connectivity index (χ3v) is 4.18. The van der Waals surface area contributed by atoms with Crippen LogP contribution in [0.5, 0.6) is 0 Å². The molecule has 2 N–H and O–H groups in total. The summed E-state index contributed by atoms with van der Waals surface area (Å²) in [6, 6.07) is 30.8. The lowest BCUT2D eigenvalue weighted by Crippen LogP contribution is -1.82. The van der Waals surface area contributed by atoms with Gasteiger partial charge in [0.2, 0.25) is 0 Å². The maximum atomic E-state index is 4.50. The molecule has 0 spiro atoms. The Morgan fingerprint density at radius 1 is 0.767 bits per heavy atom. The average molecular weight is 420 g/mol. The van der Waals surface area contributed by atoms with Crippen LogP contribution >= 0.6 is 12.6 Å². The summed E-state index contributed by atoms with van der Waals surface area (Å²) in [5, 5.41) is 0. The van der Waals surface area contributed by atoms with Gasteiger partial charge in [-0.05, 0) is 51.1 Å². The van der Waals surface area contributed by atoms with Gasteiger partial charge in [-0.15, -0.1) is 0 Å². The second-order valence-electron chi connectivity index (χ2n) is 6.66. The Labute approximate surface area is 189 Å². The quantitative estimate of drug-likeness (QED) is 0.332. The van der Waals surface area contributed by atoms with Gasteiger partial charge in [0.15, 0.2) is 0 Å². The first-order chi connectivity index (χ1) is 14.5. The first kappa shape index (κ1) is 27.4. The van der Waals surface area contributed by atoms with E-state index in [0.717, 1.165) is 17.7 Å². The van der Waals surface area contributed by atoms with Gasteiger partial charge in [0, 0.05) is 0 Å². The Kier molecular flexibility index (Phi) is 16.9. The zero-order chi connectivity index (χ0) is 22.6. The molecular formula is C28H37NS. The van der Waals surface area contributed by atoms with Crippen LogP contribution in [0.4, 0.5) is 0 Å². The van der Waals surface area contributed by atoms with Crippen LogP contribution in [0.25, 0.3) is 5.57 Å². The highest BCUT2D eigenvalue weighted by atomic mass is 32.1. The van der Waals surface area contributed by atoms with Crippen molar-refractivity contribution >= 4 is 18.2 Å². The molecule has 0 saturated heterocycles. The number of thiol groups is 1. The summed E-state index contributed by atoms with van der Waals surface area (Å²) in [5.41, 5.74) is 10.7. The molecule has 3 aromatic rings. The van der Waals surface area contributed by atoms with Gasteiger partial charge in [0.1, 0.15) is 0 Å². The minimum atomic E-state index is 0.893. The summed E-state index contributed by atoms with van der Waals surface area (Å²) in [7, 11) is 1.50. The molecule has 1 nitrogen and oxygen atoms in total. The topological polar surface area (TPSA) is 26.0 Å². The van der Waals surface area contributed by atoms with Gasteiger partial charge in [0.25, 0.3) is 0 Å². The highest BCUT2D eigenvalue weighted by Gasteiger charge is 1.94. The van der Waals surface area contributed by atoms with E-state index in [1.807, 2.05) is 54.6 Å². The van der Waals surface area contributed by atoms with E-state index in [4.69, 9.17) is 0 Å². The Balaban J connectivity index is 0.000000441. The Morgan fingerprint density at radius 3 is 1.43 bits per heavy atom. The van der Waals surface area contributed by atoms with Crippen LogP contribution in [0.1, 0.15) is 30.0 Å². The lowest BCUT2D eigenvalue weighted by molar-refractivity contribution is 1.12. The largest absolute Gasteiger partial charge is 0.333 e. The van der Waals surface area contributed by atoms with Crippen molar-refractivity contribution in [2.24, 2.45) is 5.73 Å². The molecule has 0 aromatic heterocycles. The molecule has 0 heterocycles. The van der Waals surface area contributed by atoms with Crippen molar-refractivity contribution < 1.29 is 0 Å². The number of benzene rings is 3. The number of aryl methyl sites for hydroxylation is 2. The lowest BCUT2D eigenvalue weighted by Gasteiger charge is -2.02. The Bertz CT molecular complexity index is 772. The van der Waals surface area contributed by atoms with Gasteiger partial charge in [-0.2, -0.15) is 12.6 Å². The zero-order valence-corrected chi connectivity index (χ0v) is 19.8. The number of nitrogens with two attached hydrogens (primary N) is 1. The molecule has 2 heteroatoms. The van der Waals surface area contributed by atoms with E-state index < -0.39 is 0 Å². The summed E-state index contributed by atoms with van der Waals surface area (Å²) < 4.78 is 0. The molecule has 0 bridgehead atoms. The van der Waals surface area contributed by atoms with Crippen LogP contribution in [0, 0.1) is 13.8 Å². The molecule has 0 atom stereocenters. The SMILES string of the molecule is C=C(/C=C(/C)CCS)c1ccccc1.CN.Cc1ccccc1.Cc1ccccc1. The van der Waals surface area contributed by atoms with Gasteiger partial charge in [-0.25, -0.2) is 0 Å². The first-order valence-corrected chi connectivity index (χ1v) is 10.8. The maximum Gasteiger partial charge on any atom is -0.00606 e. The van der Waals surface area contributed by atoms with Crippen LogP contribution in [0.3, 0.4) is 0 Å². The standard InChI is InChI=1S/C13H16S.2C7H8.CH5N/c1-11(8-9-14)10-12(2)13-6-4-3-5-7-13;2*1-7-5-3-2-4-6-7;1-2/h3-7,10,14H,2,8-9H2,1H3;2*2-6H,1H3;2H2,1H3/b11-10-;;;. The fourth-order valence-electron chi connectivity index (χ4n) is 2.35. The summed E-state index contributed by atoms with van der Waals surface area (Å²) >= 11 is 4.20. The van der Waals surface area contributed by atoms with E-state index in [1.54, 1.807) is 0 Å². The normalized spacial score (nSPS) is 9.60. The predicted molar refractivity (Wildman–Crippen MR) is 140 cm³/mol. The van der Waals surface area contributed by atoms with Crippen molar-refractivity contribution in [2.75, 3.05) is 12.8 Å². The molecule has 160 valence electrons. The van der Waals surface area contributed by atoms with Crippen LogP contribution < -0.4 is 5.73 Å². The van der Waals surface area contributed by atoms with Gasteiger partial charge < -0.3 is 5.73 Å². The summed E-state index contributed by atoms with van der Waals surface area (Å²) in [6.07, 6.45) is 3.15. The molecule has 0 radical (unpaired) electrons. The van der Waals surface area contributed by atoms with E-state index in [-0.39, 0.29) is 0 Å². The van der Waals surface area contributed by atoms with Crippen LogP contribution in [-0.2, 0) is 0 Å². The van der Waals surface area contributed by atoms with E-state index in [0.29, 0.717) is 0 Å². The Hall–Kier alpha value is -2.55. The zero-order valence-electron chi connectivity index (χ0n) is 18.9. The van der Waals surface area contributed by atoms with Crippen molar-refractivity contribution in [3.05, 3.63) is 126 Å². The minimum Gasteiger partial charge on any atom is -0.333 e. The molecule has 0 amide bonds. The highest BCUT2D eigenvalue weighted by Crippen LogP contribution is 2.16. The van der Waals surface area contributed by atoms with Crippen LogP contribution in [0.2, 0.25) is 0 Å². The minimum absolute atomic E-state index is 0.893. The van der Waals surface area contributed by atoms with Gasteiger partial charge in [-0.1, -0.05) is 120 Å². The average Bonchev–Trinajstić information content (AvgIpc) is 2.78. The number of hydrogen-bond acceptors (Lipinski definition) is 2.